The van der Waals surface area contributed by atoms with Crippen LogP contribution in [0.15, 0.2) is 22.7 Å². The zero-order valence-electron chi connectivity index (χ0n) is 13.9. The maximum absolute atomic E-state index is 13.8. The van der Waals surface area contributed by atoms with Crippen molar-refractivity contribution in [3.63, 3.8) is 0 Å². The van der Waals surface area contributed by atoms with Crippen LogP contribution < -0.4 is 5.32 Å². The van der Waals surface area contributed by atoms with Gasteiger partial charge in [-0.25, -0.2) is 4.39 Å². The first-order valence-electron chi connectivity index (χ1n) is 7.90. The van der Waals surface area contributed by atoms with E-state index in [9.17, 15) is 9.18 Å². The number of hydrogen-bond donors (Lipinski definition) is 1. The van der Waals surface area contributed by atoms with E-state index in [1.165, 1.54) is 6.07 Å². The van der Waals surface area contributed by atoms with Gasteiger partial charge in [-0.15, -0.1) is 0 Å². The van der Waals surface area contributed by atoms with Gasteiger partial charge in [0, 0.05) is 29.7 Å². The molecule has 1 fully saturated rings. The average molecular weight is 462 g/mol. The third kappa shape index (κ3) is 6.33. The lowest BCUT2D eigenvalue weighted by atomic mass is 10.2. The number of ether oxygens (including phenoxy) is 1. The van der Waals surface area contributed by atoms with E-state index in [4.69, 9.17) is 4.52 Å². The Kier molecular flexibility index (Phi) is 8.22. The van der Waals surface area contributed by atoms with E-state index in [0.717, 1.165) is 29.7 Å². The molecule has 2 heterocycles. The molecule has 1 aliphatic heterocycles. The smallest absolute Gasteiger partial charge is 0.293 e. The lowest BCUT2D eigenvalue weighted by Gasteiger charge is -2.25. The SMILES string of the molecule is CCOC=O.Fc1ccc(I)cc1-c1nc(CN2CCNCC2)no1. The Labute approximate surface area is 159 Å². The number of aromatic nitrogens is 2. The molecular weight excluding hydrogens is 442 g/mol. The summed E-state index contributed by atoms with van der Waals surface area (Å²) >= 11 is 2.13. The molecule has 1 N–H and O–H groups in total. The molecule has 1 aromatic carbocycles. The Morgan fingerprint density at radius 1 is 1.44 bits per heavy atom. The van der Waals surface area contributed by atoms with E-state index in [-0.39, 0.29) is 11.7 Å². The van der Waals surface area contributed by atoms with Gasteiger partial charge in [0.15, 0.2) is 5.82 Å². The number of hydrogen-bond acceptors (Lipinski definition) is 7. The Morgan fingerprint density at radius 2 is 2.20 bits per heavy atom. The van der Waals surface area contributed by atoms with Crippen LogP contribution in [0, 0.1) is 9.39 Å². The Balaban J connectivity index is 0.000000399. The van der Waals surface area contributed by atoms with Crippen LogP contribution in [0.3, 0.4) is 0 Å². The first kappa shape index (κ1) is 19.7. The van der Waals surface area contributed by atoms with Crippen LogP contribution in [0.25, 0.3) is 11.5 Å². The second kappa shape index (κ2) is 10.4. The van der Waals surface area contributed by atoms with Gasteiger partial charge in [-0.2, -0.15) is 4.98 Å². The summed E-state index contributed by atoms with van der Waals surface area (Å²) in [6.07, 6.45) is 0. The van der Waals surface area contributed by atoms with E-state index in [0.29, 0.717) is 31.0 Å². The standard InChI is InChI=1S/C13H14FIN4O.C3H6O2/c14-11-2-1-9(15)7-10(11)13-17-12(18-20-13)8-19-5-3-16-4-6-19;1-2-5-3-4/h1-2,7,16H,3-6,8H2;3H,2H2,1H3. The van der Waals surface area contributed by atoms with Crippen LogP contribution in [-0.4, -0.2) is 54.3 Å². The highest BCUT2D eigenvalue weighted by molar-refractivity contribution is 14.1. The summed E-state index contributed by atoms with van der Waals surface area (Å²) in [7, 11) is 0. The quantitative estimate of drug-likeness (QED) is 0.539. The van der Waals surface area contributed by atoms with Gasteiger partial charge >= 0.3 is 0 Å². The first-order chi connectivity index (χ1) is 12.1. The van der Waals surface area contributed by atoms with Crippen molar-refractivity contribution in [3.8, 4) is 11.5 Å². The van der Waals surface area contributed by atoms with Gasteiger partial charge in [-0.05, 0) is 47.7 Å². The van der Waals surface area contributed by atoms with Crippen molar-refractivity contribution in [3.05, 3.63) is 33.4 Å². The van der Waals surface area contributed by atoms with Crippen molar-refractivity contribution in [1.29, 1.82) is 0 Å². The fourth-order valence-electron chi connectivity index (χ4n) is 2.23. The summed E-state index contributed by atoms with van der Waals surface area (Å²) in [6.45, 7) is 7.16. The normalized spacial score (nSPS) is 14.5. The molecule has 0 unspecified atom stereocenters. The topological polar surface area (TPSA) is 80.5 Å². The minimum absolute atomic E-state index is 0.242. The number of benzene rings is 1. The summed E-state index contributed by atoms with van der Waals surface area (Å²) in [4.78, 5) is 15.7. The van der Waals surface area contributed by atoms with Gasteiger partial charge in [0.1, 0.15) is 5.82 Å². The molecule has 0 atom stereocenters. The molecule has 25 heavy (non-hydrogen) atoms. The fourth-order valence-corrected chi connectivity index (χ4v) is 2.72. The molecule has 0 amide bonds. The maximum Gasteiger partial charge on any atom is 0.293 e. The van der Waals surface area contributed by atoms with Gasteiger partial charge in [-0.3, -0.25) is 9.69 Å². The van der Waals surface area contributed by atoms with Crippen molar-refractivity contribution < 1.29 is 18.4 Å². The van der Waals surface area contributed by atoms with Gasteiger partial charge in [0.2, 0.25) is 0 Å². The molecule has 0 spiro atoms. The monoisotopic (exact) mass is 462 g/mol. The van der Waals surface area contributed by atoms with E-state index >= 15 is 0 Å². The Morgan fingerprint density at radius 3 is 2.84 bits per heavy atom. The lowest BCUT2D eigenvalue weighted by molar-refractivity contribution is -0.128. The summed E-state index contributed by atoms with van der Waals surface area (Å²) in [5, 5.41) is 7.23. The highest BCUT2D eigenvalue weighted by Crippen LogP contribution is 2.23. The van der Waals surface area contributed by atoms with Crippen LogP contribution in [-0.2, 0) is 16.1 Å². The molecule has 1 aromatic heterocycles. The zero-order chi connectivity index (χ0) is 18.1. The molecule has 9 heteroatoms. The van der Waals surface area contributed by atoms with Crippen molar-refractivity contribution in [1.82, 2.24) is 20.4 Å². The van der Waals surface area contributed by atoms with Gasteiger partial charge < -0.3 is 14.6 Å². The molecule has 136 valence electrons. The molecule has 0 aliphatic carbocycles. The minimum atomic E-state index is -0.345. The number of halogens is 2. The number of carbonyl (C=O) groups is 1. The lowest BCUT2D eigenvalue weighted by Crippen LogP contribution is -2.43. The Hall–Kier alpha value is -1.59. The van der Waals surface area contributed by atoms with E-state index in [1.807, 2.05) is 0 Å². The summed E-state index contributed by atoms with van der Waals surface area (Å²) in [5.41, 5.74) is 0.357. The number of rotatable bonds is 5. The highest BCUT2D eigenvalue weighted by Gasteiger charge is 2.17. The molecule has 1 aliphatic rings. The van der Waals surface area contributed by atoms with Gasteiger partial charge in [0.25, 0.3) is 12.4 Å². The van der Waals surface area contributed by atoms with Crippen LogP contribution in [0.1, 0.15) is 12.7 Å². The van der Waals surface area contributed by atoms with E-state index in [2.05, 4.69) is 47.7 Å². The van der Waals surface area contributed by atoms with Crippen molar-refractivity contribution in [2.45, 2.75) is 13.5 Å². The van der Waals surface area contributed by atoms with Gasteiger partial charge in [0.05, 0.1) is 18.7 Å². The number of nitrogens with zero attached hydrogens (tertiary/aromatic N) is 3. The second-order valence-electron chi connectivity index (χ2n) is 5.22. The maximum atomic E-state index is 13.8. The predicted molar refractivity (Wildman–Crippen MR) is 98.2 cm³/mol. The van der Waals surface area contributed by atoms with E-state index < -0.39 is 0 Å². The highest BCUT2D eigenvalue weighted by atomic mass is 127. The second-order valence-corrected chi connectivity index (χ2v) is 6.46. The molecule has 0 bridgehead atoms. The molecule has 0 saturated carbocycles. The zero-order valence-corrected chi connectivity index (χ0v) is 16.0. The summed E-state index contributed by atoms with van der Waals surface area (Å²) in [6, 6.07) is 4.83. The molecule has 7 nitrogen and oxygen atoms in total. The molecule has 1 saturated heterocycles. The fraction of sp³-hybridized carbons (Fsp3) is 0.438. The number of piperazine rings is 1. The average Bonchev–Trinajstić information content (AvgIpc) is 3.07. The Bertz CT molecular complexity index is 677. The summed E-state index contributed by atoms with van der Waals surface area (Å²) in [5.74, 6) is 0.495. The summed E-state index contributed by atoms with van der Waals surface area (Å²) < 4.78 is 24.0. The number of nitrogens with one attached hydrogen (secondary N) is 1. The van der Waals surface area contributed by atoms with Crippen LogP contribution >= 0.6 is 22.6 Å². The minimum Gasteiger partial charge on any atom is -0.468 e. The van der Waals surface area contributed by atoms with E-state index in [1.54, 1.807) is 19.1 Å². The third-order valence-corrected chi connectivity index (χ3v) is 4.11. The van der Waals surface area contributed by atoms with Crippen LogP contribution in [0.2, 0.25) is 0 Å². The molecule has 0 radical (unpaired) electrons. The predicted octanol–water partition coefficient (Wildman–Crippen LogP) is 2.06. The first-order valence-corrected chi connectivity index (χ1v) is 8.98. The van der Waals surface area contributed by atoms with Gasteiger partial charge in [-0.1, -0.05) is 5.16 Å². The number of carbonyl (C=O) groups excluding carboxylic acids is 1. The van der Waals surface area contributed by atoms with Crippen molar-refractivity contribution in [2.75, 3.05) is 32.8 Å². The largest absolute Gasteiger partial charge is 0.468 e. The van der Waals surface area contributed by atoms with Crippen molar-refractivity contribution >= 4 is 29.1 Å². The van der Waals surface area contributed by atoms with Crippen LogP contribution in [0.4, 0.5) is 4.39 Å². The third-order valence-electron chi connectivity index (χ3n) is 3.44. The molecule has 3 rings (SSSR count). The van der Waals surface area contributed by atoms with Crippen LogP contribution in [0.5, 0.6) is 0 Å². The molecular formula is C16H20FIN4O3. The van der Waals surface area contributed by atoms with Crippen molar-refractivity contribution in [2.24, 2.45) is 0 Å². The molecule has 2 aromatic rings.